The van der Waals surface area contributed by atoms with E-state index in [1.165, 1.54) is 12.1 Å². The number of amides is 1. The molecule has 0 spiro atoms. The summed E-state index contributed by atoms with van der Waals surface area (Å²) >= 11 is 0. The Morgan fingerprint density at radius 1 is 1.29 bits per heavy atom. The number of nitrogens with zero attached hydrogens (tertiary/aromatic N) is 2. The lowest BCUT2D eigenvalue weighted by molar-refractivity contribution is -0.121. The first-order valence-corrected chi connectivity index (χ1v) is 8.06. The zero-order chi connectivity index (χ0) is 17.1. The van der Waals surface area contributed by atoms with E-state index in [1.54, 1.807) is 18.3 Å². The number of hydrogen-bond acceptors (Lipinski definition) is 2. The fourth-order valence-electron chi connectivity index (χ4n) is 2.88. The number of rotatable bonds is 5. The second-order valence-electron chi connectivity index (χ2n) is 5.83. The Kier molecular flexibility index (Phi) is 4.60. The maximum absolute atomic E-state index is 13.0. The van der Waals surface area contributed by atoms with E-state index >= 15 is 0 Å². The summed E-state index contributed by atoms with van der Waals surface area (Å²) in [6.45, 7) is 4.75. The number of carbonyl (C=O) groups is 1. The molecule has 4 nitrogen and oxygen atoms in total. The molecule has 3 aromatic rings. The molecular weight excluding hydrogens is 305 g/mol. The summed E-state index contributed by atoms with van der Waals surface area (Å²) < 4.78 is 15.0. The van der Waals surface area contributed by atoms with Crippen molar-refractivity contribution in [3.63, 3.8) is 0 Å². The smallest absolute Gasteiger partial charge is 0.224 e. The number of halogens is 1. The molecule has 1 amide bonds. The van der Waals surface area contributed by atoms with Gasteiger partial charge in [-0.2, -0.15) is 0 Å². The molecule has 0 aliphatic rings. The predicted octanol–water partition coefficient (Wildman–Crippen LogP) is 3.62. The molecular formula is C19H20FN3O. The molecule has 1 N–H and O–H groups in total. The second kappa shape index (κ2) is 6.83. The van der Waals surface area contributed by atoms with Crippen molar-refractivity contribution in [1.82, 2.24) is 14.9 Å². The van der Waals surface area contributed by atoms with Crippen LogP contribution in [0.4, 0.5) is 4.39 Å². The third-order valence-electron chi connectivity index (χ3n) is 4.16. The van der Waals surface area contributed by atoms with Gasteiger partial charge in [0.05, 0.1) is 12.5 Å². The molecule has 0 radical (unpaired) electrons. The van der Waals surface area contributed by atoms with Crippen LogP contribution in [-0.4, -0.2) is 15.5 Å². The van der Waals surface area contributed by atoms with Gasteiger partial charge in [0.1, 0.15) is 11.5 Å². The third-order valence-corrected chi connectivity index (χ3v) is 4.16. The molecule has 1 atom stereocenters. The molecule has 124 valence electrons. The van der Waals surface area contributed by atoms with Crippen LogP contribution in [0.3, 0.4) is 0 Å². The molecule has 0 aliphatic carbocycles. The highest BCUT2D eigenvalue weighted by molar-refractivity contribution is 5.87. The van der Waals surface area contributed by atoms with Crippen molar-refractivity contribution in [2.75, 3.05) is 0 Å². The van der Waals surface area contributed by atoms with Crippen LogP contribution in [0.2, 0.25) is 0 Å². The highest BCUT2D eigenvalue weighted by Gasteiger charge is 2.14. The van der Waals surface area contributed by atoms with Crippen LogP contribution in [-0.2, 0) is 17.8 Å². The van der Waals surface area contributed by atoms with Gasteiger partial charge in [0.15, 0.2) is 0 Å². The predicted molar refractivity (Wildman–Crippen MR) is 92.1 cm³/mol. The largest absolute Gasteiger partial charge is 0.349 e. The first-order chi connectivity index (χ1) is 11.6. The van der Waals surface area contributed by atoms with Gasteiger partial charge in [-0.15, -0.1) is 0 Å². The Balaban J connectivity index is 1.74. The van der Waals surface area contributed by atoms with Gasteiger partial charge in [-0.1, -0.05) is 12.1 Å². The number of hydrogen-bond donors (Lipinski definition) is 1. The van der Waals surface area contributed by atoms with E-state index in [-0.39, 0.29) is 17.8 Å². The molecule has 3 rings (SSSR count). The summed E-state index contributed by atoms with van der Waals surface area (Å²) in [5.74, 6) is -0.344. The quantitative estimate of drug-likeness (QED) is 0.779. The van der Waals surface area contributed by atoms with Crippen LogP contribution in [0.25, 0.3) is 11.0 Å². The summed E-state index contributed by atoms with van der Waals surface area (Å²) in [4.78, 5) is 16.8. The van der Waals surface area contributed by atoms with E-state index in [2.05, 4.69) is 17.2 Å². The molecule has 24 heavy (non-hydrogen) atoms. The van der Waals surface area contributed by atoms with Gasteiger partial charge >= 0.3 is 0 Å². The average molecular weight is 325 g/mol. The highest BCUT2D eigenvalue weighted by atomic mass is 19.1. The number of aromatic nitrogens is 2. The standard InChI is InChI=1S/C19H20FN3O/c1-3-23-12-15(17-5-4-10-21-19(17)23)11-18(24)22-13(2)14-6-8-16(20)9-7-14/h4-10,12-13H,3,11H2,1-2H3,(H,22,24). The lowest BCUT2D eigenvalue weighted by Crippen LogP contribution is -2.28. The topological polar surface area (TPSA) is 46.9 Å². The maximum Gasteiger partial charge on any atom is 0.224 e. The Bertz CT molecular complexity index is 855. The number of pyridine rings is 1. The Hall–Kier alpha value is -2.69. The Labute approximate surface area is 140 Å². The monoisotopic (exact) mass is 325 g/mol. The summed E-state index contributed by atoms with van der Waals surface area (Å²) in [5, 5.41) is 3.97. The summed E-state index contributed by atoms with van der Waals surface area (Å²) in [5.41, 5.74) is 2.74. The molecule has 0 bridgehead atoms. The lowest BCUT2D eigenvalue weighted by Gasteiger charge is -2.14. The first-order valence-electron chi connectivity index (χ1n) is 8.06. The highest BCUT2D eigenvalue weighted by Crippen LogP contribution is 2.20. The lowest BCUT2D eigenvalue weighted by atomic mass is 10.1. The van der Waals surface area contributed by atoms with Crippen LogP contribution < -0.4 is 5.32 Å². The number of nitrogens with one attached hydrogen (secondary N) is 1. The van der Waals surface area contributed by atoms with Gasteiger partial charge in [0.25, 0.3) is 0 Å². The molecule has 2 aromatic heterocycles. The van der Waals surface area contributed by atoms with Crippen molar-refractivity contribution < 1.29 is 9.18 Å². The molecule has 0 aliphatic heterocycles. The molecule has 1 unspecified atom stereocenters. The van der Waals surface area contributed by atoms with Crippen molar-refractivity contribution in [2.24, 2.45) is 0 Å². The molecule has 1 aromatic carbocycles. The minimum Gasteiger partial charge on any atom is -0.349 e. The first kappa shape index (κ1) is 16.2. The van der Waals surface area contributed by atoms with E-state index in [0.29, 0.717) is 6.42 Å². The van der Waals surface area contributed by atoms with E-state index in [4.69, 9.17) is 0 Å². The normalized spacial score (nSPS) is 12.3. The van der Waals surface area contributed by atoms with Crippen LogP contribution in [0, 0.1) is 5.82 Å². The third kappa shape index (κ3) is 3.30. The van der Waals surface area contributed by atoms with E-state index in [1.807, 2.05) is 29.8 Å². The fourth-order valence-corrected chi connectivity index (χ4v) is 2.88. The van der Waals surface area contributed by atoms with Gasteiger partial charge in [-0.3, -0.25) is 4.79 Å². The van der Waals surface area contributed by atoms with Gasteiger partial charge in [0.2, 0.25) is 5.91 Å². The zero-order valence-electron chi connectivity index (χ0n) is 13.8. The van der Waals surface area contributed by atoms with Crippen molar-refractivity contribution in [3.05, 3.63) is 65.7 Å². The average Bonchev–Trinajstić information content (AvgIpc) is 2.93. The van der Waals surface area contributed by atoms with Crippen molar-refractivity contribution in [2.45, 2.75) is 32.9 Å². The second-order valence-corrected chi connectivity index (χ2v) is 5.83. The van der Waals surface area contributed by atoms with Crippen LogP contribution in [0.5, 0.6) is 0 Å². The molecule has 2 heterocycles. The maximum atomic E-state index is 13.0. The van der Waals surface area contributed by atoms with Gasteiger partial charge < -0.3 is 9.88 Å². The summed E-state index contributed by atoms with van der Waals surface area (Å²) in [6.07, 6.45) is 4.04. The van der Waals surface area contributed by atoms with E-state index in [0.717, 1.165) is 28.7 Å². The van der Waals surface area contributed by atoms with Crippen LogP contribution in [0.15, 0.2) is 48.8 Å². The van der Waals surface area contributed by atoms with Gasteiger partial charge in [-0.05, 0) is 49.2 Å². The van der Waals surface area contributed by atoms with Gasteiger partial charge in [0, 0.05) is 24.3 Å². The number of aryl methyl sites for hydroxylation is 1. The fraction of sp³-hybridized carbons (Fsp3) is 0.263. The van der Waals surface area contributed by atoms with E-state index in [9.17, 15) is 9.18 Å². The Morgan fingerprint density at radius 2 is 2.04 bits per heavy atom. The zero-order valence-corrected chi connectivity index (χ0v) is 13.8. The minimum atomic E-state index is -0.280. The van der Waals surface area contributed by atoms with Gasteiger partial charge in [-0.25, -0.2) is 9.37 Å². The van der Waals surface area contributed by atoms with Crippen molar-refractivity contribution >= 4 is 16.9 Å². The number of carbonyl (C=O) groups excluding carboxylic acids is 1. The number of fused-ring (bicyclic) bond motifs is 1. The summed E-state index contributed by atoms with van der Waals surface area (Å²) in [7, 11) is 0. The van der Waals surface area contributed by atoms with Crippen molar-refractivity contribution in [1.29, 1.82) is 0 Å². The van der Waals surface area contributed by atoms with Crippen LogP contribution in [0.1, 0.15) is 31.0 Å². The minimum absolute atomic E-state index is 0.0640. The van der Waals surface area contributed by atoms with E-state index < -0.39 is 0 Å². The Morgan fingerprint density at radius 3 is 2.75 bits per heavy atom. The SMILES string of the molecule is CCn1cc(CC(=O)NC(C)c2ccc(F)cc2)c2cccnc21. The van der Waals surface area contributed by atoms with Crippen LogP contribution >= 0.6 is 0 Å². The summed E-state index contributed by atoms with van der Waals surface area (Å²) in [6, 6.07) is 9.87. The number of benzene rings is 1. The molecule has 0 saturated heterocycles. The van der Waals surface area contributed by atoms with Crippen molar-refractivity contribution in [3.8, 4) is 0 Å². The molecule has 5 heteroatoms. The molecule has 0 saturated carbocycles. The molecule has 0 fully saturated rings.